The van der Waals surface area contributed by atoms with Crippen LogP contribution in [-0.2, 0) is 4.79 Å². The van der Waals surface area contributed by atoms with Crippen LogP contribution >= 0.6 is 11.6 Å². The largest absolute Gasteiger partial charge is 0.325 e. The Kier molecular flexibility index (Phi) is 4.26. The van der Waals surface area contributed by atoms with Crippen LogP contribution in [0.1, 0.15) is 32.8 Å². The van der Waals surface area contributed by atoms with E-state index in [1.165, 1.54) is 0 Å². The van der Waals surface area contributed by atoms with Gasteiger partial charge in [-0.05, 0) is 24.0 Å². The second kappa shape index (κ2) is 5.13. The number of hydrogen-bond donors (Lipinski definition) is 1. The molecule has 0 saturated carbocycles. The molecule has 0 fully saturated rings. The van der Waals surface area contributed by atoms with E-state index in [-0.39, 0.29) is 11.3 Å². The Hall–Kier alpha value is -0.955. The summed E-state index contributed by atoms with van der Waals surface area (Å²) in [6.45, 7) is 7.92. The molecule has 17 heavy (non-hydrogen) atoms. The first kappa shape index (κ1) is 14.1. The number of halogens is 1. The van der Waals surface area contributed by atoms with E-state index in [4.69, 9.17) is 19.4 Å². The van der Waals surface area contributed by atoms with Gasteiger partial charge in [0.2, 0.25) is 5.91 Å². The van der Waals surface area contributed by atoms with Crippen LogP contribution in [0, 0.1) is 12.3 Å². The van der Waals surface area contributed by atoms with Crippen molar-refractivity contribution in [1.29, 1.82) is 0 Å². The van der Waals surface area contributed by atoms with Crippen molar-refractivity contribution in [3.8, 4) is 0 Å². The van der Waals surface area contributed by atoms with Gasteiger partial charge in [0.1, 0.15) is 7.85 Å². The zero-order valence-electron chi connectivity index (χ0n) is 10.7. The smallest absolute Gasteiger partial charge is 0.224 e. The molecular formula is C13H17BClNO. The number of carbonyl (C=O) groups is 1. The van der Waals surface area contributed by atoms with Crippen molar-refractivity contribution in [2.24, 2.45) is 5.41 Å². The maximum atomic E-state index is 11.8. The second-order valence-corrected chi connectivity index (χ2v) is 5.89. The maximum absolute atomic E-state index is 11.8. The van der Waals surface area contributed by atoms with Crippen molar-refractivity contribution in [1.82, 2.24) is 0 Å². The van der Waals surface area contributed by atoms with Crippen molar-refractivity contribution in [3.63, 3.8) is 0 Å². The van der Waals surface area contributed by atoms with Gasteiger partial charge in [0.15, 0.2) is 0 Å². The highest BCUT2D eigenvalue weighted by molar-refractivity contribution is 6.38. The summed E-state index contributed by atoms with van der Waals surface area (Å²) in [5, 5.41) is 3.31. The monoisotopic (exact) mass is 249 g/mol. The maximum Gasteiger partial charge on any atom is 0.224 e. The van der Waals surface area contributed by atoms with Crippen LogP contribution < -0.4 is 10.8 Å². The first-order valence-corrected chi connectivity index (χ1v) is 5.92. The zero-order chi connectivity index (χ0) is 13.2. The number of aryl methyl sites for hydroxylation is 1. The molecule has 2 nitrogen and oxygen atoms in total. The van der Waals surface area contributed by atoms with Crippen molar-refractivity contribution < 1.29 is 4.79 Å². The molecule has 1 rings (SSSR count). The van der Waals surface area contributed by atoms with E-state index in [0.717, 1.165) is 5.56 Å². The van der Waals surface area contributed by atoms with Gasteiger partial charge in [-0.1, -0.05) is 43.9 Å². The molecule has 1 N–H and O–H groups in total. The summed E-state index contributed by atoms with van der Waals surface area (Å²) >= 11 is 6.06. The highest BCUT2D eigenvalue weighted by Gasteiger charge is 2.17. The van der Waals surface area contributed by atoms with Crippen molar-refractivity contribution in [3.05, 3.63) is 22.7 Å². The van der Waals surface area contributed by atoms with Crippen molar-refractivity contribution >= 4 is 36.5 Å². The third kappa shape index (κ3) is 4.43. The van der Waals surface area contributed by atoms with Crippen LogP contribution in [0.5, 0.6) is 0 Å². The topological polar surface area (TPSA) is 29.1 Å². The minimum absolute atomic E-state index is 0.0349. The lowest BCUT2D eigenvalue weighted by atomic mass is 9.91. The van der Waals surface area contributed by atoms with Gasteiger partial charge in [-0.3, -0.25) is 4.79 Å². The summed E-state index contributed by atoms with van der Waals surface area (Å²) in [6, 6.07) is 3.43. The zero-order valence-corrected chi connectivity index (χ0v) is 11.5. The van der Waals surface area contributed by atoms with Crippen LogP contribution in [0.25, 0.3) is 0 Å². The summed E-state index contributed by atoms with van der Waals surface area (Å²) in [4.78, 5) is 11.8. The molecule has 1 aromatic carbocycles. The molecule has 90 valence electrons. The summed E-state index contributed by atoms with van der Waals surface area (Å²) < 4.78 is 0. The Balaban J connectivity index is 2.86. The van der Waals surface area contributed by atoms with Gasteiger partial charge in [0.05, 0.1) is 10.7 Å². The van der Waals surface area contributed by atoms with E-state index in [0.29, 0.717) is 22.6 Å². The van der Waals surface area contributed by atoms with E-state index in [1.54, 1.807) is 12.1 Å². The number of amides is 1. The van der Waals surface area contributed by atoms with Gasteiger partial charge >= 0.3 is 0 Å². The molecule has 0 aliphatic carbocycles. The van der Waals surface area contributed by atoms with Gasteiger partial charge in [-0.25, -0.2) is 0 Å². The molecule has 0 unspecified atom stereocenters. The fourth-order valence-corrected chi connectivity index (χ4v) is 1.92. The fraction of sp³-hybridized carbons (Fsp3) is 0.462. The Morgan fingerprint density at radius 2 is 2.00 bits per heavy atom. The van der Waals surface area contributed by atoms with Gasteiger partial charge in [-0.2, -0.15) is 0 Å². The molecule has 1 amide bonds. The van der Waals surface area contributed by atoms with Crippen LogP contribution in [0.15, 0.2) is 12.1 Å². The number of rotatable bonds is 2. The Morgan fingerprint density at radius 3 is 2.47 bits per heavy atom. The van der Waals surface area contributed by atoms with Crippen LogP contribution in [-0.4, -0.2) is 13.8 Å². The second-order valence-electron chi connectivity index (χ2n) is 5.48. The third-order valence-electron chi connectivity index (χ3n) is 2.27. The lowest BCUT2D eigenvalue weighted by Crippen LogP contribution is -2.20. The molecule has 0 bridgehead atoms. The first-order chi connectivity index (χ1) is 7.69. The first-order valence-electron chi connectivity index (χ1n) is 5.54. The standard InChI is InChI=1S/C13H17BClNO/c1-8-5-9(14)6-10(15)12(8)16-11(17)7-13(2,3)4/h5-6H,7H2,1-4H3,(H,16,17). The Labute approximate surface area is 109 Å². The highest BCUT2D eigenvalue weighted by Crippen LogP contribution is 2.26. The predicted molar refractivity (Wildman–Crippen MR) is 74.3 cm³/mol. The van der Waals surface area contributed by atoms with Crippen molar-refractivity contribution in [2.75, 3.05) is 5.32 Å². The average molecular weight is 250 g/mol. The molecule has 0 atom stereocenters. The summed E-state index contributed by atoms with van der Waals surface area (Å²) in [5.41, 5.74) is 2.08. The van der Waals surface area contributed by atoms with E-state index in [1.807, 2.05) is 27.7 Å². The predicted octanol–water partition coefficient (Wildman–Crippen LogP) is 2.82. The number of anilines is 1. The number of hydrogen-bond acceptors (Lipinski definition) is 1. The molecule has 0 aromatic heterocycles. The molecule has 0 spiro atoms. The summed E-state index contributed by atoms with van der Waals surface area (Å²) in [5.74, 6) is -0.0349. The molecule has 0 aliphatic heterocycles. The number of nitrogens with one attached hydrogen (secondary N) is 1. The van der Waals surface area contributed by atoms with Crippen molar-refractivity contribution in [2.45, 2.75) is 34.1 Å². The average Bonchev–Trinajstić information content (AvgIpc) is 2.08. The van der Waals surface area contributed by atoms with Gasteiger partial charge < -0.3 is 5.32 Å². The quantitative estimate of drug-likeness (QED) is 0.803. The van der Waals surface area contributed by atoms with Crippen LogP contribution in [0.2, 0.25) is 5.02 Å². The minimum atomic E-state index is -0.0434. The number of carbonyl (C=O) groups excluding carboxylic acids is 1. The molecule has 2 radical (unpaired) electrons. The van der Waals surface area contributed by atoms with Crippen LogP contribution in [0.3, 0.4) is 0 Å². The van der Waals surface area contributed by atoms with Gasteiger partial charge in [0, 0.05) is 6.42 Å². The van der Waals surface area contributed by atoms with E-state index in [9.17, 15) is 4.79 Å². The third-order valence-corrected chi connectivity index (χ3v) is 2.56. The number of benzene rings is 1. The molecule has 4 heteroatoms. The van der Waals surface area contributed by atoms with Crippen LogP contribution in [0.4, 0.5) is 5.69 Å². The Morgan fingerprint density at radius 1 is 1.41 bits per heavy atom. The van der Waals surface area contributed by atoms with E-state index < -0.39 is 0 Å². The van der Waals surface area contributed by atoms with Gasteiger partial charge in [-0.15, -0.1) is 0 Å². The normalized spacial score (nSPS) is 11.4. The van der Waals surface area contributed by atoms with Gasteiger partial charge in [0.25, 0.3) is 0 Å². The molecule has 0 heterocycles. The summed E-state index contributed by atoms with van der Waals surface area (Å²) in [7, 11) is 5.66. The van der Waals surface area contributed by atoms with E-state index in [2.05, 4.69) is 5.32 Å². The molecule has 1 aromatic rings. The Bertz CT molecular complexity index is 415. The molecule has 0 saturated heterocycles. The molecule has 0 aliphatic rings. The minimum Gasteiger partial charge on any atom is -0.325 e. The highest BCUT2D eigenvalue weighted by atomic mass is 35.5. The fourth-order valence-electron chi connectivity index (χ4n) is 1.59. The lowest BCUT2D eigenvalue weighted by Gasteiger charge is -2.18. The summed E-state index contributed by atoms with van der Waals surface area (Å²) in [6.07, 6.45) is 0.452. The van der Waals surface area contributed by atoms with E-state index >= 15 is 0 Å². The SMILES string of the molecule is [B]c1cc(C)c(NC(=O)CC(C)(C)C)c(Cl)c1. The molecular weight excluding hydrogens is 232 g/mol. The lowest BCUT2D eigenvalue weighted by molar-refractivity contribution is -0.117.